The van der Waals surface area contributed by atoms with Crippen LogP contribution in [-0.4, -0.2) is 71.5 Å². The highest BCUT2D eigenvalue weighted by Gasteiger charge is 2.25. The van der Waals surface area contributed by atoms with Gasteiger partial charge in [-0.05, 0) is 77.7 Å². The SMILES string of the molecule is Cc1nc(N2CCC(N(C)C)C2)ccc1Nc1ncc(Cl)c(Nc2ccccc2SN(C)C)n1. The van der Waals surface area contributed by atoms with Gasteiger partial charge in [0.25, 0.3) is 0 Å². The number of para-hydroxylation sites is 1. The van der Waals surface area contributed by atoms with Gasteiger partial charge in [0.05, 0.1) is 23.3 Å². The zero-order chi connectivity index (χ0) is 24.2. The van der Waals surface area contributed by atoms with E-state index in [1.807, 2.05) is 49.6 Å². The highest BCUT2D eigenvalue weighted by atomic mass is 35.5. The van der Waals surface area contributed by atoms with E-state index in [1.165, 1.54) is 0 Å². The molecule has 1 aliphatic rings. The average molecular weight is 499 g/mol. The van der Waals surface area contributed by atoms with E-state index in [0.717, 1.165) is 47.3 Å². The van der Waals surface area contributed by atoms with Crippen molar-refractivity contribution in [1.82, 2.24) is 24.2 Å². The van der Waals surface area contributed by atoms with Crippen LogP contribution in [0.5, 0.6) is 0 Å². The van der Waals surface area contributed by atoms with Gasteiger partial charge in [0.1, 0.15) is 10.8 Å². The smallest absolute Gasteiger partial charge is 0.229 e. The first-order chi connectivity index (χ1) is 16.3. The van der Waals surface area contributed by atoms with Crippen LogP contribution in [0.25, 0.3) is 0 Å². The molecule has 1 aromatic carbocycles. The Kier molecular flexibility index (Phi) is 7.77. The van der Waals surface area contributed by atoms with E-state index in [4.69, 9.17) is 16.6 Å². The van der Waals surface area contributed by atoms with Crippen LogP contribution in [0.3, 0.4) is 0 Å². The van der Waals surface area contributed by atoms with E-state index >= 15 is 0 Å². The fourth-order valence-corrected chi connectivity index (χ4v) is 4.73. The minimum atomic E-state index is 0.449. The van der Waals surface area contributed by atoms with Crippen molar-refractivity contribution in [3.63, 3.8) is 0 Å². The predicted octanol–water partition coefficient (Wildman–Crippen LogP) is 5.03. The summed E-state index contributed by atoms with van der Waals surface area (Å²) in [6, 6.07) is 12.7. The van der Waals surface area contributed by atoms with Crippen LogP contribution in [0.15, 0.2) is 47.5 Å². The molecule has 2 aromatic heterocycles. The molecule has 0 amide bonds. The molecule has 10 heteroatoms. The maximum Gasteiger partial charge on any atom is 0.229 e. The number of nitrogens with zero attached hydrogens (tertiary/aromatic N) is 6. The number of halogens is 1. The number of rotatable bonds is 8. The molecule has 34 heavy (non-hydrogen) atoms. The summed E-state index contributed by atoms with van der Waals surface area (Å²) < 4.78 is 2.04. The summed E-state index contributed by atoms with van der Waals surface area (Å²) in [4.78, 5) is 19.5. The van der Waals surface area contributed by atoms with Crippen LogP contribution in [0.4, 0.5) is 29.0 Å². The van der Waals surface area contributed by atoms with Crippen molar-refractivity contribution in [2.24, 2.45) is 0 Å². The van der Waals surface area contributed by atoms with Crippen LogP contribution >= 0.6 is 23.5 Å². The van der Waals surface area contributed by atoms with Crippen molar-refractivity contribution in [1.29, 1.82) is 0 Å². The zero-order valence-electron chi connectivity index (χ0n) is 20.2. The first-order valence-electron chi connectivity index (χ1n) is 11.2. The van der Waals surface area contributed by atoms with Crippen LogP contribution in [0.2, 0.25) is 5.02 Å². The maximum atomic E-state index is 6.41. The van der Waals surface area contributed by atoms with Gasteiger partial charge in [0.2, 0.25) is 5.95 Å². The number of pyridine rings is 1. The van der Waals surface area contributed by atoms with Gasteiger partial charge in [0, 0.05) is 24.0 Å². The molecule has 0 radical (unpaired) electrons. The Morgan fingerprint density at radius 2 is 1.82 bits per heavy atom. The van der Waals surface area contributed by atoms with E-state index in [9.17, 15) is 0 Å². The molecule has 180 valence electrons. The van der Waals surface area contributed by atoms with Crippen molar-refractivity contribution < 1.29 is 0 Å². The second-order valence-corrected chi connectivity index (χ2v) is 10.5. The Hall–Kier alpha value is -2.59. The highest BCUT2D eigenvalue weighted by molar-refractivity contribution is 7.97. The van der Waals surface area contributed by atoms with Crippen molar-refractivity contribution in [3.05, 3.63) is 53.3 Å². The highest BCUT2D eigenvalue weighted by Crippen LogP contribution is 2.32. The van der Waals surface area contributed by atoms with Crippen molar-refractivity contribution in [2.45, 2.75) is 24.3 Å². The van der Waals surface area contributed by atoms with E-state index in [-0.39, 0.29) is 0 Å². The minimum Gasteiger partial charge on any atom is -0.355 e. The number of likely N-dealkylation sites (N-methyl/N-ethyl adjacent to an activating group) is 1. The lowest BCUT2D eigenvalue weighted by molar-refractivity contribution is 0.315. The minimum absolute atomic E-state index is 0.449. The topological polar surface area (TPSA) is 72.5 Å². The fraction of sp³-hybridized carbons (Fsp3) is 0.375. The van der Waals surface area contributed by atoms with E-state index in [1.54, 1.807) is 18.1 Å². The molecule has 1 atom stereocenters. The first kappa shape index (κ1) is 24.5. The summed E-state index contributed by atoms with van der Waals surface area (Å²) in [6.45, 7) is 4.01. The van der Waals surface area contributed by atoms with Gasteiger partial charge in [-0.15, -0.1) is 0 Å². The lowest BCUT2D eigenvalue weighted by Crippen LogP contribution is -2.31. The van der Waals surface area contributed by atoms with E-state index in [0.29, 0.717) is 22.8 Å². The molecule has 8 nitrogen and oxygen atoms in total. The summed E-state index contributed by atoms with van der Waals surface area (Å²) in [5.74, 6) is 2.00. The fourth-order valence-electron chi connectivity index (χ4n) is 3.84. The molecule has 1 aliphatic heterocycles. The van der Waals surface area contributed by atoms with Crippen LogP contribution < -0.4 is 15.5 Å². The number of hydrogen-bond donors (Lipinski definition) is 2. The molecule has 3 heterocycles. The number of anilines is 5. The third-order valence-electron chi connectivity index (χ3n) is 5.70. The van der Waals surface area contributed by atoms with E-state index in [2.05, 4.69) is 56.6 Å². The van der Waals surface area contributed by atoms with Crippen LogP contribution in [-0.2, 0) is 0 Å². The van der Waals surface area contributed by atoms with Gasteiger partial charge < -0.3 is 20.4 Å². The first-order valence-corrected chi connectivity index (χ1v) is 12.3. The number of aromatic nitrogens is 3. The monoisotopic (exact) mass is 498 g/mol. The van der Waals surface area contributed by atoms with Crippen LogP contribution in [0, 0.1) is 6.92 Å². The van der Waals surface area contributed by atoms with Gasteiger partial charge in [-0.25, -0.2) is 9.97 Å². The molecular weight excluding hydrogens is 468 g/mol. The van der Waals surface area contributed by atoms with Gasteiger partial charge in [-0.1, -0.05) is 23.7 Å². The molecule has 4 rings (SSSR count). The molecule has 0 saturated carbocycles. The number of benzene rings is 1. The summed E-state index contributed by atoms with van der Waals surface area (Å²) in [5, 5.41) is 7.09. The van der Waals surface area contributed by atoms with Gasteiger partial charge in [-0.2, -0.15) is 4.98 Å². The van der Waals surface area contributed by atoms with Gasteiger partial charge in [0.15, 0.2) is 5.82 Å². The summed E-state index contributed by atoms with van der Waals surface area (Å²) >= 11 is 8.04. The molecular formula is C24H31ClN8S. The lowest BCUT2D eigenvalue weighted by atomic mass is 10.2. The largest absolute Gasteiger partial charge is 0.355 e. The lowest BCUT2D eigenvalue weighted by Gasteiger charge is -2.21. The third-order valence-corrected chi connectivity index (χ3v) is 6.89. The molecule has 1 fully saturated rings. The zero-order valence-corrected chi connectivity index (χ0v) is 21.8. The van der Waals surface area contributed by atoms with Gasteiger partial charge in [-0.3, -0.25) is 4.31 Å². The second kappa shape index (κ2) is 10.8. The number of nitrogens with one attached hydrogen (secondary N) is 2. The summed E-state index contributed by atoms with van der Waals surface area (Å²) in [6.07, 6.45) is 2.75. The molecule has 1 unspecified atom stereocenters. The van der Waals surface area contributed by atoms with Crippen molar-refractivity contribution >= 4 is 52.5 Å². The molecule has 1 saturated heterocycles. The Balaban J connectivity index is 1.50. The Morgan fingerprint density at radius 1 is 1.03 bits per heavy atom. The molecule has 0 spiro atoms. The van der Waals surface area contributed by atoms with Crippen molar-refractivity contribution in [3.8, 4) is 0 Å². The molecule has 3 aromatic rings. The molecule has 2 N–H and O–H groups in total. The average Bonchev–Trinajstić information content (AvgIpc) is 3.29. The standard InChI is InChI=1S/C24H31ClN8S/c1-16-19(10-11-22(27-16)33-13-12-17(15-33)31(2)3)29-24-26-14-18(25)23(30-24)28-20-8-6-7-9-21(20)34-32(4)5/h6-11,14,17H,12-13,15H2,1-5H3,(H2,26,28,29,30). The summed E-state index contributed by atoms with van der Waals surface area (Å²) in [7, 11) is 8.28. The predicted molar refractivity (Wildman–Crippen MR) is 143 cm³/mol. The normalized spacial score (nSPS) is 15.9. The Labute approximate surface area is 210 Å². The van der Waals surface area contributed by atoms with Crippen molar-refractivity contribution in [2.75, 3.05) is 56.8 Å². The van der Waals surface area contributed by atoms with E-state index < -0.39 is 0 Å². The molecule has 0 aliphatic carbocycles. The third kappa shape index (κ3) is 5.90. The number of aryl methyl sites for hydroxylation is 1. The number of hydrogen-bond acceptors (Lipinski definition) is 9. The Morgan fingerprint density at radius 3 is 2.53 bits per heavy atom. The quantitative estimate of drug-likeness (QED) is 0.416. The second-order valence-electron chi connectivity index (χ2n) is 8.69. The molecule has 0 bridgehead atoms. The van der Waals surface area contributed by atoms with Crippen LogP contribution in [0.1, 0.15) is 12.1 Å². The maximum absolute atomic E-state index is 6.41. The summed E-state index contributed by atoms with van der Waals surface area (Å²) in [5.41, 5.74) is 2.69. The van der Waals surface area contributed by atoms with Gasteiger partial charge >= 0.3 is 0 Å². The Bertz CT molecular complexity index is 1140.